The maximum Gasteiger partial charge on any atom is 0.308 e. The Balaban J connectivity index is 1.58. The SMILES string of the molecule is COC[C@H]1CCCN1C(=O)c1cc(C)cc(C(=O)N[C@@H](Cc2cc(F)cc(F)c2)[C@H](O)[C@H]2C[C@@H](C(=O)OC)CCN2)c1. The number of likely N-dealkylation sites (tertiary alicyclic amines) is 1. The number of amides is 2. The molecule has 2 aliphatic rings. The van der Waals surface area contributed by atoms with E-state index in [1.54, 1.807) is 31.1 Å². The first-order valence-electron chi connectivity index (χ1n) is 14.3. The molecule has 4 rings (SSSR count). The minimum absolute atomic E-state index is 0.0386. The molecule has 0 bridgehead atoms. The normalized spacial score (nSPS) is 22.0. The molecule has 42 heavy (non-hydrogen) atoms. The fourth-order valence-electron chi connectivity index (χ4n) is 6.04. The number of ether oxygens (including phenoxy) is 2. The summed E-state index contributed by atoms with van der Waals surface area (Å²) >= 11 is 0. The van der Waals surface area contributed by atoms with Crippen LogP contribution in [0.15, 0.2) is 36.4 Å². The Kier molecular flexibility index (Phi) is 10.6. The predicted molar refractivity (Wildman–Crippen MR) is 151 cm³/mol. The van der Waals surface area contributed by atoms with Gasteiger partial charge in [-0.1, -0.05) is 0 Å². The molecule has 2 aromatic rings. The van der Waals surface area contributed by atoms with Gasteiger partial charge in [-0.3, -0.25) is 14.4 Å². The summed E-state index contributed by atoms with van der Waals surface area (Å²) in [5, 5.41) is 17.5. The van der Waals surface area contributed by atoms with Gasteiger partial charge < -0.3 is 30.1 Å². The third kappa shape index (κ3) is 7.70. The molecule has 228 valence electrons. The van der Waals surface area contributed by atoms with E-state index in [4.69, 9.17) is 9.47 Å². The number of hydrogen-bond donors (Lipinski definition) is 3. The predicted octanol–water partition coefficient (Wildman–Crippen LogP) is 2.77. The molecular weight excluding hydrogens is 548 g/mol. The number of nitrogens with one attached hydrogen (secondary N) is 2. The van der Waals surface area contributed by atoms with Crippen LogP contribution in [-0.4, -0.2) is 85.9 Å². The smallest absolute Gasteiger partial charge is 0.308 e. The van der Waals surface area contributed by atoms with Crippen molar-refractivity contribution in [3.63, 3.8) is 0 Å². The van der Waals surface area contributed by atoms with Crippen molar-refractivity contribution in [1.29, 1.82) is 0 Å². The van der Waals surface area contributed by atoms with Crippen LogP contribution in [0.1, 0.15) is 57.5 Å². The Morgan fingerprint density at radius 1 is 1.07 bits per heavy atom. The van der Waals surface area contributed by atoms with Gasteiger partial charge in [-0.2, -0.15) is 0 Å². The van der Waals surface area contributed by atoms with Gasteiger partial charge in [-0.05, 0) is 87.0 Å². The number of piperidine rings is 1. The highest BCUT2D eigenvalue weighted by Gasteiger charge is 2.36. The van der Waals surface area contributed by atoms with Crippen molar-refractivity contribution in [2.45, 2.75) is 63.3 Å². The molecule has 11 heteroatoms. The Bertz CT molecular complexity index is 1270. The fraction of sp³-hybridized carbons (Fsp3) is 0.516. The third-order valence-corrected chi connectivity index (χ3v) is 8.07. The summed E-state index contributed by atoms with van der Waals surface area (Å²) in [4.78, 5) is 40.9. The van der Waals surface area contributed by atoms with Crippen molar-refractivity contribution in [2.75, 3.05) is 33.9 Å². The number of halogens is 2. The maximum atomic E-state index is 14.0. The van der Waals surface area contributed by atoms with Crippen molar-refractivity contribution < 1.29 is 37.7 Å². The zero-order chi connectivity index (χ0) is 30.4. The number of esters is 1. The topological polar surface area (TPSA) is 117 Å². The van der Waals surface area contributed by atoms with Crippen LogP contribution < -0.4 is 10.6 Å². The molecule has 2 fully saturated rings. The van der Waals surface area contributed by atoms with Crippen molar-refractivity contribution in [3.8, 4) is 0 Å². The lowest BCUT2D eigenvalue weighted by Gasteiger charge is -2.36. The van der Waals surface area contributed by atoms with Crippen LogP contribution in [0.3, 0.4) is 0 Å². The average Bonchev–Trinajstić information content (AvgIpc) is 3.43. The van der Waals surface area contributed by atoms with Gasteiger partial charge in [0.1, 0.15) is 11.6 Å². The number of aryl methyl sites for hydroxylation is 1. The largest absolute Gasteiger partial charge is 0.469 e. The van der Waals surface area contributed by atoms with Crippen molar-refractivity contribution in [2.24, 2.45) is 5.92 Å². The van der Waals surface area contributed by atoms with Crippen LogP contribution >= 0.6 is 0 Å². The minimum atomic E-state index is -1.21. The van der Waals surface area contributed by atoms with Crippen molar-refractivity contribution in [1.82, 2.24) is 15.5 Å². The van der Waals surface area contributed by atoms with Gasteiger partial charge in [0.15, 0.2) is 0 Å². The number of hydrogen-bond acceptors (Lipinski definition) is 7. The van der Waals surface area contributed by atoms with Crippen LogP contribution in [0.25, 0.3) is 0 Å². The summed E-state index contributed by atoms with van der Waals surface area (Å²) in [5.41, 5.74) is 1.53. The second-order valence-electron chi connectivity index (χ2n) is 11.2. The van der Waals surface area contributed by atoms with Crippen LogP contribution in [0, 0.1) is 24.5 Å². The molecule has 0 saturated carbocycles. The highest BCUT2D eigenvalue weighted by atomic mass is 19.1. The van der Waals surface area contributed by atoms with Gasteiger partial charge in [-0.15, -0.1) is 0 Å². The molecule has 0 unspecified atom stereocenters. The zero-order valence-corrected chi connectivity index (χ0v) is 24.2. The number of methoxy groups -OCH3 is 2. The van der Waals surface area contributed by atoms with E-state index in [9.17, 15) is 28.3 Å². The number of aliphatic hydroxyl groups is 1. The molecule has 0 spiro atoms. The Labute approximate surface area is 244 Å². The minimum Gasteiger partial charge on any atom is -0.469 e. The molecule has 0 aliphatic carbocycles. The van der Waals surface area contributed by atoms with Crippen LogP contribution in [0.2, 0.25) is 0 Å². The van der Waals surface area contributed by atoms with Gasteiger partial charge >= 0.3 is 5.97 Å². The third-order valence-electron chi connectivity index (χ3n) is 8.07. The van der Waals surface area contributed by atoms with E-state index in [1.807, 2.05) is 0 Å². The van der Waals surface area contributed by atoms with E-state index in [0.717, 1.165) is 31.0 Å². The van der Waals surface area contributed by atoms with Crippen molar-refractivity contribution in [3.05, 3.63) is 70.3 Å². The second-order valence-corrected chi connectivity index (χ2v) is 11.2. The molecule has 2 amide bonds. The number of carbonyl (C=O) groups excluding carboxylic acids is 3. The van der Waals surface area contributed by atoms with E-state index >= 15 is 0 Å². The van der Waals surface area contributed by atoms with Crippen LogP contribution in [-0.2, 0) is 20.7 Å². The highest BCUT2D eigenvalue weighted by molar-refractivity contribution is 6.00. The lowest BCUT2D eigenvalue weighted by atomic mass is 9.86. The van der Waals surface area contributed by atoms with E-state index < -0.39 is 41.6 Å². The number of rotatable bonds is 10. The number of carbonyl (C=O) groups is 3. The molecular formula is C31H39F2N3O6. The zero-order valence-electron chi connectivity index (χ0n) is 24.2. The first-order valence-corrected chi connectivity index (χ1v) is 14.3. The molecule has 2 saturated heterocycles. The van der Waals surface area contributed by atoms with Gasteiger partial charge in [0.05, 0.1) is 37.8 Å². The number of aliphatic hydroxyl groups excluding tert-OH is 1. The molecule has 2 aliphatic heterocycles. The van der Waals surface area contributed by atoms with E-state index in [0.29, 0.717) is 37.2 Å². The Morgan fingerprint density at radius 3 is 2.48 bits per heavy atom. The molecule has 0 radical (unpaired) electrons. The van der Waals surface area contributed by atoms with E-state index in [-0.39, 0.29) is 41.9 Å². The van der Waals surface area contributed by atoms with Crippen molar-refractivity contribution >= 4 is 17.8 Å². The second kappa shape index (κ2) is 14.2. The molecule has 0 aromatic heterocycles. The Hall–Kier alpha value is -3.41. The summed E-state index contributed by atoms with van der Waals surface area (Å²) < 4.78 is 38.2. The van der Waals surface area contributed by atoms with E-state index in [2.05, 4.69) is 10.6 Å². The van der Waals surface area contributed by atoms with Crippen LogP contribution in [0.5, 0.6) is 0 Å². The number of nitrogens with zero attached hydrogens (tertiary/aromatic N) is 1. The molecule has 2 aromatic carbocycles. The number of benzene rings is 2. The first kappa shape index (κ1) is 31.5. The monoisotopic (exact) mass is 587 g/mol. The molecule has 2 heterocycles. The lowest BCUT2D eigenvalue weighted by Crippen LogP contribution is -2.56. The maximum absolute atomic E-state index is 14.0. The lowest BCUT2D eigenvalue weighted by molar-refractivity contribution is -0.147. The standard InChI is InChI=1S/C31H39F2N3O6/c1-18-9-21(14-22(10-18)30(39)36-8-4-5-25(36)17-41-2)29(38)35-27(13-19-11-23(32)16-24(33)12-19)28(37)26-15-20(6-7-34-26)31(40)42-3/h9-12,14,16,20,25-28,34,37H,4-8,13,15,17H2,1-3H3,(H,35,38)/t20-,25+,26+,27-,28+/m0/s1. The summed E-state index contributed by atoms with van der Waals surface area (Å²) in [6.45, 7) is 3.25. The molecule has 9 nitrogen and oxygen atoms in total. The summed E-state index contributed by atoms with van der Waals surface area (Å²) in [6, 6.07) is 6.33. The Morgan fingerprint density at radius 2 is 1.79 bits per heavy atom. The first-order chi connectivity index (χ1) is 20.1. The van der Waals surface area contributed by atoms with Gasteiger partial charge in [0.25, 0.3) is 11.8 Å². The quantitative estimate of drug-likeness (QED) is 0.366. The van der Waals surface area contributed by atoms with Crippen LogP contribution in [0.4, 0.5) is 8.78 Å². The average molecular weight is 588 g/mol. The van der Waals surface area contributed by atoms with Gasteiger partial charge in [0, 0.05) is 36.9 Å². The molecule has 5 atom stereocenters. The highest BCUT2D eigenvalue weighted by Crippen LogP contribution is 2.24. The molecule has 3 N–H and O–H groups in total. The van der Waals surface area contributed by atoms with Gasteiger partial charge in [0.2, 0.25) is 0 Å². The fourth-order valence-corrected chi connectivity index (χ4v) is 6.04. The summed E-state index contributed by atoms with van der Waals surface area (Å²) in [7, 11) is 2.90. The van der Waals surface area contributed by atoms with E-state index in [1.165, 1.54) is 13.2 Å². The summed E-state index contributed by atoms with van der Waals surface area (Å²) in [6.07, 6.45) is 1.21. The van der Waals surface area contributed by atoms with Gasteiger partial charge in [-0.25, -0.2) is 8.78 Å². The summed E-state index contributed by atoms with van der Waals surface area (Å²) in [5.74, 6) is -3.12.